The van der Waals surface area contributed by atoms with Crippen molar-refractivity contribution in [2.45, 2.75) is 64.2 Å². The number of carbonyl (C=O) groups excluding carboxylic acids is 1. The van der Waals surface area contributed by atoms with E-state index in [2.05, 4.69) is 20.1 Å². The van der Waals surface area contributed by atoms with E-state index in [0.717, 1.165) is 43.9 Å². The minimum Gasteiger partial charge on any atom is -0.365 e. The second-order valence-electron chi connectivity index (χ2n) is 5.69. The maximum Gasteiger partial charge on any atom is 0.249 e. The lowest BCUT2D eigenvalue weighted by molar-refractivity contribution is -0.131. The molecule has 1 N–H and O–H groups in total. The third kappa shape index (κ3) is 2.85. The van der Waals surface area contributed by atoms with Gasteiger partial charge < -0.3 is 14.6 Å². The van der Waals surface area contributed by atoms with E-state index >= 15 is 0 Å². The highest BCUT2D eigenvalue weighted by Gasteiger charge is 2.27. The van der Waals surface area contributed by atoms with Crippen LogP contribution in [0.25, 0.3) is 0 Å². The van der Waals surface area contributed by atoms with Crippen LogP contribution in [0.3, 0.4) is 0 Å². The van der Waals surface area contributed by atoms with Gasteiger partial charge in [-0.15, -0.1) is 10.2 Å². The van der Waals surface area contributed by atoms with E-state index in [1.165, 1.54) is 12.8 Å². The second-order valence-corrected chi connectivity index (χ2v) is 5.69. The molecule has 1 fully saturated rings. The lowest BCUT2D eigenvalue weighted by atomic mass is 10.1. The number of nitrogens with zero attached hydrogens (tertiary/aromatic N) is 3. The van der Waals surface area contributed by atoms with Gasteiger partial charge in [0.25, 0.3) is 0 Å². The molecular formula is C14H22N4O2. The normalized spacial score (nSPS) is 25.4. The topological polar surface area (TPSA) is 69.0 Å². The zero-order chi connectivity index (χ0) is 13.9. The van der Waals surface area contributed by atoms with Crippen molar-refractivity contribution in [3.8, 4) is 0 Å². The summed E-state index contributed by atoms with van der Waals surface area (Å²) in [5.41, 5.74) is 0. The van der Waals surface area contributed by atoms with Gasteiger partial charge in [-0.2, -0.15) is 0 Å². The molecule has 3 heterocycles. The van der Waals surface area contributed by atoms with E-state index in [1.54, 1.807) is 0 Å². The fourth-order valence-electron chi connectivity index (χ4n) is 2.96. The van der Waals surface area contributed by atoms with Crippen molar-refractivity contribution < 1.29 is 9.53 Å². The maximum absolute atomic E-state index is 11.9. The Balaban J connectivity index is 1.48. The first-order valence-corrected chi connectivity index (χ1v) is 7.58. The van der Waals surface area contributed by atoms with Crippen molar-refractivity contribution in [1.29, 1.82) is 0 Å². The molecule has 0 radical (unpaired) electrons. The van der Waals surface area contributed by atoms with Gasteiger partial charge in [0.15, 0.2) is 0 Å². The zero-order valence-electron chi connectivity index (χ0n) is 12.0. The molecule has 3 rings (SSSR count). The number of hydrogen-bond acceptors (Lipinski definition) is 4. The molecule has 6 nitrogen and oxygen atoms in total. The van der Waals surface area contributed by atoms with Crippen LogP contribution in [0.5, 0.6) is 0 Å². The van der Waals surface area contributed by atoms with Gasteiger partial charge in [0.05, 0.1) is 6.10 Å². The summed E-state index contributed by atoms with van der Waals surface area (Å²) >= 11 is 0. The molecule has 2 aliphatic rings. The van der Waals surface area contributed by atoms with Gasteiger partial charge >= 0.3 is 0 Å². The van der Waals surface area contributed by atoms with Crippen molar-refractivity contribution in [2.75, 3.05) is 6.54 Å². The summed E-state index contributed by atoms with van der Waals surface area (Å²) in [6.45, 7) is 3.62. The van der Waals surface area contributed by atoms with Gasteiger partial charge in [-0.1, -0.05) is 0 Å². The van der Waals surface area contributed by atoms with E-state index in [4.69, 9.17) is 4.74 Å². The lowest BCUT2D eigenvalue weighted by Crippen LogP contribution is -2.36. The van der Waals surface area contributed by atoms with Gasteiger partial charge in [0.1, 0.15) is 17.8 Å². The number of aromatic nitrogens is 3. The average Bonchev–Trinajstić information content (AvgIpc) is 3.06. The second kappa shape index (κ2) is 5.91. The molecule has 1 aromatic rings. The SMILES string of the molecule is C[C@H]1CC[C@@H](C(=O)NCCc2nnc3n2CCCC3)O1. The number of rotatable bonds is 4. The first-order chi connectivity index (χ1) is 9.74. The van der Waals surface area contributed by atoms with Crippen molar-refractivity contribution >= 4 is 5.91 Å². The van der Waals surface area contributed by atoms with Gasteiger partial charge in [0.2, 0.25) is 5.91 Å². The van der Waals surface area contributed by atoms with Crippen LogP contribution in [0.4, 0.5) is 0 Å². The maximum atomic E-state index is 11.9. The van der Waals surface area contributed by atoms with Crippen LogP contribution in [0.2, 0.25) is 0 Å². The Bertz CT molecular complexity index is 486. The van der Waals surface area contributed by atoms with Gasteiger partial charge in [-0.3, -0.25) is 4.79 Å². The van der Waals surface area contributed by atoms with Gasteiger partial charge in [0, 0.05) is 25.9 Å². The van der Waals surface area contributed by atoms with Gasteiger partial charge in [-0.25, -0.2) is 0 Å². The van der Waals surface area contributed by atoms with Crippen LogP contribution in [-0.4, -0.2) is 39.4 Å². The average molecular weight is 278 g/mol. The molecule has 0 aromatic carbocycles. The highest BCUT2D eigenvalue weighted by Crippen LogP contribution is 2.19. The molecule has 1 amide bonds. The van der Waals surface area contributed by atoms with Crippen LogP contribution < -0.4 is 5.32 Å². The molecule has 0 unspecified atom stereocenters. The number of amides is 1. The van der Waals surface area contributed by atoms with Crippen molar-refractivity contribution in [3.05, 3.63) is 11.6 Å². The van der Waals surface area contributed by atoms with Crippen molar-refractivity contribution in [3.63, 3.8) is 0 Å². The summed E-state index contributed by atoms with van der Waals surface area (Å²) < 4.78 is 7.75. The largest absolute Gasteiger partial charge is 0.365 e. The Morgan fingerprint density at radius 1 is 1.40 bits per heavy atom. The number of hydrogen-bond donors (Lipinski definition) is 1. The van der Waals surface area contributed by atoms with Crippen molar-refractivity contribution in [2.24, 2.45) is 0 Å². The molecule has 0 bridgehead atoms. The van der Waals surface area contributed by atoms with Crippen LogP contribution in [-0.2, 0) is 28.9 Å². The first kappa shape index (κ1) is 13.5. The Hall–Kier alpha value is -1.43. The molecule has 0 aliphatic carbocycles. The van der Waals surface area contributed by atoms with E-state index in [-0.39, 0.29) is 18.1 Å². The molecule has 1 saturated heterocycles. The van der Waals surface area contributed by atoms with Crippen LogP contribution >= 0.6 is 0 Å². The summed E-state index contributed by atoms with van der Waals surface area (Å²) in [6.07, 6.45) is 5.88. The molecule has 0 spiro atoms. The van der Waals surface area contributed by atoms with Crippen LogP contribution in [0.15, 0.2) is 0 Å². The summed E-state index contributed by atoms with van der Waals surface area (Å²) in [6, 6.07) is 0. The summed E-state index contributed by atoms with van der Waals surface area (Å²) in [5.74, 6) is 2.08. The zero-order valence-corrected chi connectivity index (χ0v) is 12.0. The summed E-state index contributed by atoms with van der Waals surface area (Å²) in [4.78, 5) is 11.9. The van der Waals surface area contributed by atoms with E-state index in [0.29, 0.717) is 6.54 Å². The Morgan fingerprint density at radius 3 is 3.10 bits per heavy atom. The van der Waals surface area contributed by atoms with Crippen LogP contribution in [0.1, 0.15) is 44.3 Å². The molecule has 2 aliphatic heterocycles. The number of ether oxygens (including phenoxy) is 1. The molecule has 6 heteroatoms. The fourth-order valence-corrected chi connectivity index (χ4v) is 2.96. The minimum atomic E-state index is -0.266. The van der Waals surface area contributed by atoms with E-state index in [1.807, 2.05) is 6.92 Å². The smallest absolute Gasteiger partial charge is 0.249 e. The number of nitrogens with one attached hydrogen (secondary N) is 1. The summed E-state index contributed by atoms with van der Waals surface area (Å²) in [5, 5.41) is 11.4. The third-order valence-corrected chi connectivity index (χ3v) is 4.11. The number of fused-ring (bicyclic) bond motifs is 1. The number of carbonyl (C=O) groups is 1. The monoisotopic (exact) mass is 278 g/mol. The van der Waals surface area contributed by atoms with E-state index in [9.17, 15) is 4.79 Å². The highest BCUT2D eigenvalue weighted by atomic mass is 16.5. The Kier molecular flexibility index (Phi) is 4.00. The third-order valence-electron chi connectivity index (χ3n) is 4.11. The van der Waals surface area contributed by atoms with Crippen LogP contribution in [0, 0.1) is 0 Å². The van der Waals surface area contributed by atoms with Crippen molar-refractivity contribution in [1.82, 2.24) is 20.1 Å². The highest BCUT2D eigenvalue weighted by molar-refractivity contribution is 5.80. The predicted molar refractivity (Wildman–Crippen MR) is 73.2 cm³/mol. The molecule has 1 aromatic heterocycles. The molecule has 110 valence electrons. The fraction of sp³-hybridized carbons (Fsp3) is 0.786. The quantitative estimate of drug-likeness (QED) is 0.886. The lowest BCUT2D eigenvalue weighted by Gasteiger charge is -2.15. The Morgan fingerprint density at radius 2 is 2.30 bits per heavy atom. The molecular weight excluding hydrogens is 256 g/mol. The molecule has 20 heavy (non-hydrogen) atoms. The number of aryl methyl sites for hydroxylation is 1. The predicted octanol–water partition coefficient (Wildman–Crippen LogP) is 0.841. The Labute approximate surface area is 118 Å². The van der Waals surface area contributed by atoms with E-state index < -0.39 is 0 Å². The standard InChI is InChI=1S/C14H22N4O2/c1-10-5-6-11(20-10)14(19)15-8-7-13-17-16-12-4-2-3-9-18(12)13/h10-11H,2-9H2,1H3,(H,15,19)/t10-,11-/m0/s1. The molecule has 0 saturated carbocycles. The van der Waals surface area contributed by atoms with Gasteiger partial charge in [-0.05, 0) is 32.6 Å². The minimum absolute atomic E-state index is 0.00716. The molecule has 2 atom stereocenters. The first-order valence-electron chi connectivity index (χ1n) is 7.58. The summed E-state index contributed by atoms with van der Waals surface area (Å²) in [7, 11) is 0.